The molecule has 1 aromatic heterocycles. The molecule has 0 saturated heterocycles. The lowest BCUT2D eigenvalue weighted by Crippen LogP contribution is -2.28. The van der Waals surface area contributed by atoms with Gasteiger partial charge in [0.2, 0.25) is 0 Å². The van der Waals surface area contributed by atoms with Crippen LogP contribution in [0.5, 0.6) is 0 Å². The molecule has 0 bridgehead atoms. The Labute approximate surface area is 133 Å². The van der Waals surface area contributed by atoms with Crippen LogP contribution in [0.1, 0.15) is 19.5 Å². The summed E-state index contributed by atoms with van der Waals surface area (Å²) in [6.45, 7) is 3.26. The maximum absolute atomic E-state index is 11.2. The van der Waals surface area contributed by atoms with E-state index in [1.54, 1.807) is 25.3 Å². The molecule has 0 fully saturated rings. The molecule has 106 valence electrons. The minimum absolute atomic E-state index is 0.524. The lowest BCUT2D eigenvalue weighted by molar-refractivity contribution is -0.142. The first-order valence-corrected chi connectivity index (χ1v) is 7.78. The third-order valence-corrected chi connectivity index (χ3v) is 5.03. The molecule has 0 aliphatic rings. The first-order valence-electron chi connectivity index (χ1n) is 5.73. The van der Waals surface area contributed by atoms with Crippen LogP contribution in [0.4, 0.5) is 10.8 Å². The van der Waals surface area contributed by atoms with Crippen LogP contribution in [0, 0.1) is 0 Å². The molecule has 2 aromatic rings. The van der Waals surface area contributed by atoms with E-state index in [0.29, 0.717) is 15.8 Å². The Kier molecular flexibility index (Phi) is 4.36. The highest BCUT2D eigenvalue weighted by Gasteiger charge is 2.32. The molecule has 0 radical (unpaired) electrons. The molecule has 1 heterocycles. The maximum atomic E-state index is 11.2. The fourth-order valence-electron chi connectivity index (χ4n) is 1.44. The zero-order chi connectivity index (χ0) is 14.9. The molecule has 0 atom stereocenters. The number of aromatic nitrogens is 1. The van der Waals surface area contributed by atoms with Gasteiger partial charge in [0.15, 0.2) is 5.13 Å². The average Bonchev–Trinajstić information content (AvgIpc) is 2.84. The number of hydrogen-bond donors (Lipinski definition) is 2. The second-order valence-electron chi connectivity index (χ2n) is 4.69. The summed E-state index contributed by atoms with van der Waals surface area (Å²) in [7, 11) is 0. The molecule has 2 rings (SSSR count). The largest absolute Gasteiger partial charge is 0.481 e. The van der Waals surface area contributed by atoms with Crippen LogP contribution in [-0.2, 0) is 10.2 Å². The first-order chi connectivity index (χ1) is 9.32. The van der Waals surface area contributed by atoms with Crippen molar-refractivity contribution in [1.82, 2.24) is 4.98 Å². The zero-order valence-electron chi connectivity index (χ0n) is 10.8. The number of rotatable bonds is 4. The monoisotopic (exact) mass is 374 g/mol. The highest BCUT2D eigenvalue weighted by atomic mass is 79.9. The Balaban J connectivity index is 2.26. The molecule has 0 unspecified atom stereocenters. The van der Waals surface area contributed by atoms with Gasteiger partial charge in [-0.3, -0.25) is 4.79 Å². The topological polar surface area (TPSA) is 62.2 Å². The molecule has 1 aromatic carbocycles. The number of hydrogen-bond acceptors (Lipinski definition) is 4. The third kappa shape index (κ3) is 2.97. The van der Waals surface area contributed by atoms with Gasteiger partial charge in [-0.15, -0.1) is 11.3 Å². The van der Waals surface area contributed by atoms with Crippen molar-refractivity contribution >= 4 is 55.7 Å². The van der Waals surface area contributed by atoms with Gasteiger partial charge in [-0.2, -0.15) is 0 Å². The van der Waals surface area contributed by atoms with Crippen molar-refractivity contribution in [2.24, 2.45) is 0 Å². The Hall–Kier alpha value is -1.11. The average molecular weight is 376 g/mol. The van der Waals surface area contributed by atoms with Gasteiger partial charge < -0.3 is 10.4 Å². The molecule has 2 N–H and O–H groups in total. The molecule has 7 heteroatoms. The second kappa shape index (κ2) is 5.71. The Morgan fingerprint density at radius 2 is 2.20 bits per heavy atom. The van der Waals surface area contributed by atoms with E-state index in [1.807, 2.05) is 12.1 Å². The fourth-order valence-corrected chi connectivity index (χ4v) is 2.87. The maximum Gasteiger partial charge on any atom is 0.315 e. The summed E-state index contributed by atoms with van der Waals surface area (Å²) >= 11 is 10.8. The minimum atomic E-state index is -1.01. The number of benzene rings is 1. The molecule has 0 aliphatic heterocycles. The Morgan fingerprint density at radius 1 is 1.50 bits per heavy atom. The summed E-state index contributed by atoms with van der Waals surface area (Å²) in [5, 5.41) is 15.3. The van der Waals surface area contributed by atoms with Gasteiger partial charge in [-0.1, -0.05) is 17.7 Å². The van der Waals surface area contributed by atoms with E-state index in [2.05, 4.69) is 26.2 Å². The van der Waals surface area contributed by atoms with Crippen molar-refractivity contribution < 1.29 is 9.90 Å². The van der Waals surface area contributed by atoms with E-state index in [4.69, 9.17) is 11.6 Å². The lowest BCUT2D eigenvalue weighted by atomic mass is 9.90. The van der Waals surface area contributed by atoms with Crippen molar-refractivity contribution in [3.63, 3.8) is 0 Å². The van der Waals surface area contributed by atoms with Crippen LogP contribution in [-0.4, -0.2) is 16.1 Å². The SMILES string of the molecule is CC(C)(C(=O)O)c1csc(Nc2cccc(Cl)c2Br)n1. The van der Waals surface area contributed by atoms with Gasteiger partial charge in [0, 0.05) is 5.38 Å². The number of carboxylic acid groups (broad SMARTS) is 1. The smallest absolute Gasteiger partial charge is 0.315 e. The summed E-state index contributed by atoms with van der Waals surface area (Å²) in [6.07, 6.45) is 0. The normalized spacial score (nSPS) is 11.4. The molecule has 0 aliphatic carbocycles. The summed E-state index contributed by atoms with van der Waals surface area (Å²) in [4.78, 5) is 15.5. The van der Waals surface area contributed by atoms with Crippen molar-refractivity contribution in [2.45, 2.75) is 19.3 Å². The number of nitrogens with zero attached hydrogens (tertiary/aromatic N) is 1. The fraction of sp³-hybridized carbons (Fsp3) is 0.231. The number of nitrogens with one attached hydrogen (secondary N) is 1. The van der Waals surface area contributed by atoms with Crippen LogP contribution in [0.25, 0.3) is 0 Å². The first kappa shape index (κ1) is 15.3. The van der Waals surface area contributed by atoms with Gasteiger partial charge in [0.05, 0.1) is 20.9 Å². The predicted octanol–water partition coefficient (Wildman–Crippen LogP) is 4.66. The Bertz CT molecular complexity index is 658. The van der Waals surface area contributed by atoms with Crippen LogP contribution in [0.15, 0.2) is 28.1 Å². The lowest BCUT2D eigenvalue weighted by Gasteiger charge is -2.15. The summed E-state index contributed by atoms with van der Waals surface area (Å²) in [5.74, 6) is -0.904. The zero-order valence-corrected chi connectivity index (χ0v) is 13.9. The van der Waals surface area contributed by atoms with Gasteiger partial charge in [0.25, 0.3) is 0 Å². The molecule has 4 nitrogen and oxygen atoms in total. The van der Waals surface area contributed by atoms with Gasteiger partial charge in [-0.25, -0.2) is 4.98 Å². The van der Waals surface area contributed by atoms with Crippen molar-refractivity contribution in [1.29, 1.82) is 0 Å². The Morgan fingerprint density at radius 3 is 2.85 bits per heavy atom. The van der Waals surface area contributed by atoms with Gasteiger partial charge >= 0.3 is 5.97 Å². The van der Waals surface area contributed by atoms with Crippen LogP contribution in [0.3, 0.4) is 0 Å². The van der Waals surface area contributed by atoms with Gasteiger partial charge in [0.1, 0.15) is 5.41 Å². The number of aliphatic carboxylic acids is 1. The van der Waals surface area contributed by atoms with E-state index >= 15 is 0 Å². The highest BCUT2D eigenvalue weighted by molar-refractivity contribution is 9.10. The van der Waals surface area contributed by atoms with Crippen molar-refractivity contribution in [3.05, 3.63) is 38.8 Å². The predicted molar refractivity (Wildman–Crippen MR) is 85.2 cm³/mol. The summed E-state index contributed by atoms with van der Waals surface area (Å²) < 4.78 is 0.746. The number of thiazole rings is 1. The molecule has 20 heavy (non-hydrogen) atoms. The summed E-state index contributed by atoms with van der Waals surface area (Å²) in [6, 6.07) is 5.46. The van der Waals surface area contributed by atoms with Gasteiger partial charge in [-0.05, 0) is 41.9 Å². The molecular weight excluding hydrogens is 364 g/mol. The van der Waals surface area contributed by atoms with E-state index in [9.17, 15) is 9.90 Å². The number of halogens is 2. The molecule has 0 amide bonds. The molecule has 0 spiro atoms. The minimum Gasteiger partial charge on any atom is -0.481 e. The quantitative estimate of drug-likeness (QED) is 0.815. The van der Waals surface area contributed by atoms with E-state index < -0.39 is 11.4 Å². The van der Waals surface area contributed by atoms with E-state index in [-0.39, 0.29) is 0 Å². The molecular formula is C13H12BrClN2O2S. The number of anilines is 2. The third-order valence-electron chi connectivity index (χ3n) is 2.87. The number of carbonyl (C=O) groups is 1. The second-order valence-corrected chi connectivity index (χ2v) is 6.75. The van der Waals surface area contributed by atoms with E-state index in [1.165, 1.54) is 11.3 Å². The molecule has 0 saturated carbocycles. The van der Waals surface area contributed by atoms with Crippen LogP contribution >= 0.6 is 38.9 Å². The standard InChI is InChI=1S/C13H12BrClN2O2S/c1-13(2,11(18)19)9-6-20-12(17-9)16-8-5-3-4-7(15)10(8)14/h3-6H,1-2H3,(H,16,17)(H,18,19). The summed E-state index contributed by atoms with van der Waals surface area (Å²) in [5.41, 5.74) is 0.296. The van der Waals surface area contributed by atoms with Crippen molar-refractivity contribution in [3.8, 4) is 0 Å². The van der Waals surface area contributed by atoms with E-state index in [0.717, 1.165) is 10.2 Å². The van der Waals surface area contributed by atoms with Crippen LogP contribution in [0.2, 0.25) is 5.02 Å². The number of carboxylic acids is 1. The highest BCUT2D eigenvalue weighted by Crippen LogP contribution is 2.34. The van der Waals surface area contributed by atoms with Crippen LogP contribution < -0.4 is 5.32 Å². The van der Waals surface area contributed by atoms with Crippen molar-refractivity contribution in [2.75, 3.05) is 5.32 Å².